The maximum atomic E-state index is 5.77. The lowest BCUT2D eigenvalue weighted by Crippen LogP contribution is -2.46. The predicted molar refractivity (Wildman–Crippen MR) is 81.4 cm³/mol. The van der Waals surface area contributed by atoms with E-state index in [9.17, 15) is 0 Å². The molecule has 3 aromatic heterocycles. The van der Waals surface area contributed by atoms with Crippen molar-refractivity contribution in [1.29, 1.82) is 0 Å². The number of nitrogens with zero attached hydrogens (tertiary/aromatic N) is 5. The summed E-state index contributed by atoms with van der Waals surface area (Å²) in [5.41, 5.74) is 1.43. The topological polar surface area (TPSA) is 58.3 Å². The number of rotatable bonds is 3. The van der Waals surface area contributed by atoms with Crippen LogP contribution in [0.5, 0.6) is 0 Å². The summed E-state index contributed by atoms with van der Waals surface area (Å²) >= 11 is 1.71. The van der Waals surface area contributed by atoms with E-state index in [-0.39, 0.29) is 0 Å². The van der Waals surface area contributed by atoms with Gasteiger partial charge in [0.25, 0.3) is 6.01 Å². The summed E-state index contributed by atoms with van der Waals surface area (Å²) in [6.07, 6.45) is 3.60. The summed E-state index contributed by atoms with van der Waals surface area (Å²) in [6.45, 7) is 4.74. The quantitative estimate of drug-likeness (QED) is 0.737. The van der Waals surface area contributed by atoms with Gasteiger partial charge in [0.05, 0.1) is 6.54 Å². The minimum absolute atomic E-state index is 0.678. The molecule has 7 heteroatoms. The van der Waals surface area contributed by atoms with Gasteiger partial charge in [0.2, 0.25) is 5.65 Å². The fourth-order valence-electron chi connectivity index (χ4n) is 2.51. The summed E-state index contributed by atoms with van der Waals surface area (Å²) in [7, 11) is 0. The van der Waals surface area contributed by atoms with Crippen molar-refractivity contribution in [2.24, 2.45) is 0 Å². The minimum Gasteiger partial charge on any atom is -0.422 e. The first-order valence-corrected chi connectivity index (χ1v) is 7.84. The Balaban J connectivity index is 1.42. The van der Waals surface area contributed by atoms with Crippen LogP contribution in [0.4, 0.5) is 6.01 Å². The number of fused-ring (bicyclic) bond motifs is 1. The Hall–Kier alpha value is -1.99. The molecule has 3 aromatic rings. The van der Waals surface area contributed by atoms with Gasteiger partial charge < -0.3 is 9.32 Å². The van der Waals surface area contributed by atoms with E-state index in [1.165, 1.54) is 5.01 Å². The Morgan fingerprint density at radius 3 is 2.81 bits per heavy atom. The molecular weight excluding hydrogens is 286 g/mol. The highest BCUT2D eigenvalue weighted by Gasteiger charge is 2.21. The molecule has 0 unspecified atom stereocenters. The Kier molecular flexibility index (Phi) is 3.28. The zero-order valence-corrected chi connectivity index (χ0v) is 12.3. The Labute approximate surface area is 126 Å². The lowest BCUT2D eigenvalue weighted by atomic mass is 10.3. The van der Waals surface area contributed by atoms with Crippen molar-refractivity contribution in [3.05, 3.63) is 34.9 Å². The van der Waals surface area contributed by atoms with Crippen molar-refractivity contribution in [3.8, 4) is 0 Å². The first kappa shape index (κ1) is 12.7. The molecule has 0 aromatic carbocycles. The molecule has 0 N–H and O–H groups in total. The molecule has 0 radical (unpaired) electrons. The lowest BCUT2D eigenvalue weighted by Gasteiger charge is -2.33. The predicted octanol–water partition coefficient (Wildman–Crippen LogP) is 2.00. The molecule has 0 bridgehead atoms. The van der Waals surface area contributed by atoms with Crippen molar-refractivity contribution in [2.45, 2.75) is 6.54 Å². The molecule has 1 aliphatic heterocycles. The first-order chi connectivity index (χ1) is 10.4. The maximum Gasteiger partial charge on any atom is 0.300 e. The number of oxazole rings is 1. The number of hydrogen-bond donors (Lipinski definition) is 0. The standard InChI is InChI=1S/C14H15N5OS/c1-2-11-13(16-3-1)17-14(20-11)19-7-5-18(6-8-19)10-12-15-4-9-21-12/h1-4,9H,5-8,10H2. The van der Waals surface area contributed by atoms with Gasteiger partial charge in [0, 0.05) is 44.0 Å². The number of thiazole rings is 1. The van der Waals surface area contributed by atoms with Crippen LogP contribution in [-0.4, -0.2) is 46.0 Å². The van der Waals surface area contributed by atoms with Crippen molar-refractivity contribution in [3.63, 3.8) is 0 Å². The van der Waals surface area contributed by atoms with Crippen molar-refractivity contribution in [1.82, 2.24) is 19.9 Å². The first-order valence-electron chi connectivity index (χ1n) is 6.96. The third-order valence-corrected chi connectivity index (χ3v) is 4.40. The minimum atomic E-state index is 0.678. The zero-order chi connectivity index (χ0) is 14.1. The summed E-state index contributed by atoms with van der Waals surface area (Å²) in [6, 6.07) is 4.44. The van der Waals surface area contributed by atoms with Crippen LogP contribution in [-0.2, 0) is 6.54 Å². The Bertz CT molecular complexity index is 685. The van der Waals surface area contributed by atoms with Gasteiger partial charge in [-0.3, -0.25) is 4.90 Å². The van der Waals surface area contributed by atoms with Gasteiger partial charge in [-0.1, -0.05) is 0 Å². The number of piperazine rings is 1. The molecule has 0 amide bonds. The summed E-state index contributed by atoms with van der Waals surface area (Å²) < 4.78 is 5.77. The van der Waals surface area contributed by atoms with Crippen LogP contribution < -0.4 is 4.90 Å². The van der Waals surface area contributed by atoms with Gasteiger partial charge in [0.1, 0.15) is 5.01 Å². The molecule has 1 fully saturated rings. The van der Waals surface area contributed by atoms with Crippen LogP contribution in [0.1, 0.15) is 5.01 Å². The smallest absolute Gasteiger partial charge is 0.300 e. The number of aromatic nitrogens is 3. The van der Waals surface area contributed by atoms with E-state index >= 15 is 0 Å². The summed E-state index contributed by atoms with van der Waals surface area (Å²) in [5.74, 6) is 0. The fourth-order valence-corrected chi connectivity index (χ4v) is 3.17. The van der Waals surface area contributed by atoms with Crippen LogP contribution in [0, 0.1) is 0 Å². The average Bonchev–Trinajstić information content (AvgIpc) is 3.16. The molecule has 4 rings (SSSR count). The molecule has 4 heterocycles. The molecular formula is C14H15N5OS. The summed E-state index contributed by atoms with van der Waals surface area (Å²) in [4.78, 5) is 17.6. The lowest BCUT2D eigenvalue weighted by molar-refractivity contribution is 0.245. The van der Waals surface area contributed by atoms with E-state index in [0.717, 1.165) is 38.3 Å². The van der Waals surface area contributed by atoms with E-state index in [1.807, 2.05) is 23.7 Å². The molecule has 0 saturated carbocycles. The van der Waals surface area contributed by atoms with Crippen LogP contribution in [0.3, 0.4) is 0 Å². The molecule has 0 spiro atoms. The fraction of sp³-hybridized carbons (Fsp3) is 0.357. The molecule has 0 aliphatic carbocycles. The van der Waals surface area contributed by atoms with Gasteiger partial charge in [-0.25, -0.2) is 9.97 Å². The van der Waals surface area contributed by atoms with Gasteiger partial charge in [-0.2, -0.15) is 4.98 Å². The van der Waals surface area contributed by atoms with E-state index in [1.54, 1.807) is 17.5 Å². The molecule has 108 valence electrons. The molecule has 0 atom stereocenters. The van der Waals surface area contributed by atoms with Crippen molar-refractivity contribution in [2.75, 3.05) is 31.1 Å². The molecule has 1 saturated heterocycles. The van der Waals surface area contributed by atoms with Gasteiger partial charge in [0.15, 0.2) is 5.58 Å². The number of anilines is 1. The molecule has 1 aliphatic rings. The third-order valence-electron chi connectivity index (χ3n) is 3.64. The molecule has 6 nitrogen and oxygen atoms in total. The van der Waals surface area contributed by atoms with Crippen LogP contribution >= 0.6 is 11.3 Å². The van der Waals surface area contributed by atoms with Crippen LogP contribution in [0.25, 0.3) is 11.2 Å². The van der Waals surface area contributed by atoms with Gasteiger partial charge in [-0.05, 0) is 12.1 Å². The second kappa shape index (κ2) is 5.42. The number of hydrogen-bond acceptors (Lipinski definition) is 7. The van der Waals surface area contributed by atoms with Crippen molar-refractivity contribution >= 4 is 28.6 Å². The van der Waals surface area contributed by atoms with Crippen LogP contribution in [0.15, 0.2) is 34.3 Å². The zero-order valence-electron chi connectivity index (χ0n) is 11.5. The Morgan fingerprint density at radius 1 is 1.14 bits per heavy atom. The summed E-state index contributed by atoms with van der Waals surface area (Å²) in [5, 5.41) is 3.20. The van der Waals surface area contributed by atoms with E-state index in [2.05, 4.69) is 24.8 Å². The number of pyridine rings is 1. The SMILES string of the molecule is c1cnc2nc(N3CCN(Cc4nccs4)CC3)oc2c1. The largest absolute Gasteiger partial charge is 0.422 e. The monoisotopic (exact) mass is 301 g/mol. The van der Waals surface area contributed by atoms with Crippen LogP contribution in [0.2, 0.25) is 0 Å². The second-order valence-electron chi connectivity index (χ2n) is 5.01. The van der Waals surface area contributed by atoms with E-state index in [4.69, 9.17) is 4.42 Å². The highest BCUT2D eigenvalue weighted by molar-refractivity contribution is 7.09. The Morgan fingerprint density at radius 2 is 2.05 bits per heavy atom. The molecule has 21 heavy (non-hydrogen) atoms. The second-order valence-corrected chi connectivity index (χ2v) is 5.99. The third kappa shape index (κ3) is 2.62. The maximum absolute atomic E-state index is 5.77. The highest BCUT2D eigenvalue weighted by atomic mass is 32.1. The normalized spacial score (nSPS) is 16.7. The van der Waals surface area contributed by atoms with Gasteiger partial charge in [-0.15, -0.1) is 11.3 Å². The van der Waals surface area contributed by atoms with Gasteiger partial charge >= 0.3 is 0 Å². The van der Waals surface area contributed by atoms with E-state index < -0.39 is 0 Å². The average molecular weight is 301 g/mol. The van der Waals surface area contributed by atoms with E-state index in [0.29, 0.717) is 11.7 Å². The van der Waals surface area contributed by atoms with Crippen molar-refractivity contribution < 1.29 is 4.42 Å². The highest BCUT2D eigenvalue weighted by Crippen LogP contribution is 2.21.